The molecule has 3 rings (SSSR count). The summed E-state index contributed by atoms with van der Waals surface area (Å²) in [5.74, 6) is 2.30. The van der Waals surface area contributed by atoms with Crippen molar-refractivity contribution < 1.29 is 9.84 Å². The normalized spacial score (nSPS) is 22.1. The number of piperidine rings is 1. The standard InChI is InChI=1S/C20H33N7O2S/c1-6-14-9-16(10-15(7-2)27(14)30-5)26(3)20-22-17(11-19(23-20)29-4)21-18-8-13(12-28)24-25-18/h8,11,14-16,28H,6-7,9-10,12H2,1-5H3,(H2,21,22,23,24,25). The number of methoxy groups -OCH3 is 1. The highest BCUT2D eigenvalue weighted by molar-refractivity contribution is 7.96. The van der Waals surface area contributed by atoms with Gasteiger partial charge in [0.05, 0.1) is 19.4 Å². The zero-order chi connectivity index (χ0) is 21.7. The van der Waals surface area contributed by atoms with E-state index in [9.17, 15) is 5.11 Å². The van der Waals surface area contributed by atoms with Crippen molar-refractivity contribution in [2.75, 3.05) is 30.6 Å². The van der Waals surface area contributed by atoms with Crippen LogP contribution in [-0.4, -0.2) is 68.1 Å². The second-order valence-electron chi connectivity index (χ2n) is 7.56. The highest BCUT2D eigenvalue weighted by Crippen LogP contribution is 2.35. The van der Waals surface area contributed by atoms with E-state index in [1.807, 2.05) is 11.9 Å². The SMILES string of the molecule is CCC1CC(N(C)c2nc(Nc3cc(CO)[nH]n3)cc(OC)n2)CC(CC)N1SC. The van der Waals surface area contributed by atoms with Gasteiger partial charge in [-0.15, -0.1) is 0 Å². The lowest BCUT2D eigenvalue weighted by Gasteiger charge is -2.46. The van der Waals surface area contributed by atoms with Gasteiger partial charge in [0, 0.05) is 37.3 Å². The molecule has 0 radical (unpaired) electrons. The predicted molar refractivity (Wildman–Crippen MR) is 121 cm³/mol. The monoisotopic (exact) mass is 435 g/mol. The van der Waals surface area contributed by atoms with Crippen LogP contribution in [0.2, 0.25) is 0 Å². The van der Waals surface area contributed by atoms with Gasteiger partial charge in [0.15, 0.2) is 5.82 Å². The Morgan fingerprint density at radius 2 is 1.93 bits per heavy atom. The zero-order valence-electron chi connectivity index (χ0n) is 18.4. The molecule has 0 bridgehead atoms. The first kappa shape index (κ1) is 22.6. The van der Waals surface area contributed by atoms with E-state index >= 15 is 0 Å². The van der Waals surface area contributed by atoms with E-state index in [-0.39, 0.29) is 6.61 Å². The number of aromatic amines is 1. The molecule has 0 spiro atoms. The maximum absolute atomic E-state index is 9.22. The maximum Gasteiger partial charge on any atom is 0.230 e. The molecule has 3 heterocycles. The van der Waals surface area contributed by atoms with Gasteiger partial charge in [-0.1, -0.05) is 25.8 Å². The molecule has 2 unspecified atom stereocenters. The third-order valence-electron chi connectivity index (χ3n) is 5.78. The molecule has 2 atom stereocenters. The van der Waals surface area contributed by atoms with Gasteiger partial charge in [0.2, 0.25) is 11.8 Å². The van der Waals surface area contributed by atoms with Gasteiger partial charge in [-0.2, -0.15) is 15.1 Å². The molecule has 0 saturated carbocycles. The van der Waals surface area contributed by atoms with Crippen molar-refractivity contribution in [2.45, 2.75) is 64.3 Å². The van der Waals surface area contributed by atoms with Crippen molar-refractivity contribution in [3.63, 3.8) is 0 Å². The molecular formula is C20H33N7O2S. The molecule has 0 aliphatic carbocycles. The van der Waals surface area contributed by atoms with Gasteiger partial charge in [0.25, 0.3) is 0 Å². The molecule has 0 amide bonds. The van der Waals surface area contributed by atoms with Gasteiger partial charge < -0.3 is 20.1 Å². The van der Waals surface area contributed by atoms with E-state index < -0.39 is 0 Å². The summed E-state index contributed by atoms with van der Waals surface area (Å²) in [5, 5.41) is 19.3. The molecular weight excluding hydrogens is 402 g/mol. The number of ether oxygens (including phenoxy) is 1. The Bertz CT molecular complexity index is 804. The minimum Gasteiger partial charge on any atom is -0.481 e. The Balaban J connectivity index is 1.83. The number of aliphatic hydroxyl groups excluding tert-OH is 1. The predicted octanol–water partition coefficient (Wildman–Crippen LogP) is 3.18. The summed E-state index contributed by atoms with van der Waals surface area (Å²) < 4.78 is 7.99. The molecule has 166 valence electrons. The summed E-state index contributed by atoms with van der Waals surface area (Å²) in [7, 11) is 3.67. The minimum absolute atomic E-state index is 0.0955. The molecule has 30 heavy (non-hydrogen) atoms. The fraction of sp³-hybridized carbons (Fsp3) is 0.650. The Hall–Kier alpha value is -2.04. The van der Waals surface area contributed by atoms with Crippen LogP contribution in [0, 0.1) is 0 Å². The van der Waals surface area contributed by atoms with Crippen molar-refractivity contribution >= 4 is 29.5 Å². The molecule has 2 aromatic heterocycles. The first-order valence-corrected chi connectivity index (χ1v) is 11.6. The van der Waals surface area contributed by atoms with Crippen LogP contribution in [0.4, 0.5) is 17.6 Å². The van der Waals surface area contributed by atoms with Crippen molar-refractivity contribution in [3.05, 3.63) is 17.8 Å². The summed E-state index contributed by atoms with van der Waals surface area (Å²) in [6, 6.07) is 4.92. The molecule has 1 aliphatic rings. The summed E-state index contributed by atoms with van der Waals surface area (Å²) in [6.45, 7) is 4.43. The first-order chi connectivity index (χ1) is 14.5. The van der Waals surface area contributed by atoms with Crippen LogP contribution < -0.4 is 15.0 Å². The zero-order valence-corrected chi connectivity index (χ0v) is 19.2. The van der Waals surface area contributed by atoms with Crippen LogP contribution in [0.15, 0.2) is 12.1 Å². The van der Waals surface area contributed by atoms with Crippen LogP contribution >= 0.6 is 11.9 Å². The lowest BCUT2D eigenvalue weighted by atomic mass is 9.90. The summed E-state index contributed by atoms with van der Waals surface area (Å²) in [6.07, 6.45) is 6.58. The summed E-state index contributed by atoms with van der Waals surface area (Å²) in [5.41, 5.74) is 0.632. The van der Waals surface area contributed by atoms with Crippen LogP contribution in [0.3, 0.4) is 0 Å². The molecule has 10 heteroatoms. The van der Waals surface area contributed by atoms with Crippen LogP contribution in [0.5, 0.6) is 5.88 Å². The van der Waals surface area contributed by atoms with E-state index in [1.165, 1.54) is 0 Å². The number of rotatable bonds is 9. The van der Waals surface area contributed by atoms with Crippen molar-refractivity contribution in [3.8, 4) is 5.88 Å². The van der Waals surface area contributed by atoms with Crippen molar-refractivity contribution in [1.82, 2.24) is 24.5 Å². The topological polar surface area (TPSA) is 102 Å². The Kier molecular flexibility index (Phi) is 7.79. The quantitative estimate of drug-likeness (QED) is 0.512. The largest absolute Gasteiger partial charge is 0.481 e. The number of H-pyrrole nitrogens is 1. The molecule has 9 nitrogen and oxygen atoms in total. The summed E-state index contributed by atoms with van der Waals surface area (Å²) >= 11 is 1.86. The average molecular weight is 436 g/mol. The molecule has 1 fully saturated rings. The summed E-state index contributed by atoms with van der Waals surface area (Å²) in [4.78, 5) is 11.5. The van der Waals surface area contributed by atoms with E-state index in [4.69, 9.17) is 9.72 Å². The van der Waals surface area contributed by atoms with Gasteiger partial charge in [0.1, 0.15) is 5.82 Å². The maximum atomic E-state index is 9.22. The molecule has 1 saturated heterocycles. The Labute approximate surface area is 182 Å². The lowest BCUT2D eigenvalue weighted by Crippen LogP contribution is -2.51. The molecule has 1 aliphatic heterocycles. The smallest absolute Gasteiger partial charge is 0.230 e. The Morgan fingerprint density at radius 3 is 2.47 bits per heavy atom. The number of nitrogens with one attached hydrogen (secondary N) is 2. The fourth-order valence-corrected chi connectivity index (χ4v) is 5.14. The first-order valence-electron chi connectivity index (χ1n) is 10.4. The van der Waals surface area contributed by atoms with Gasteiger partial charge in [-0.25, -0.2) is 4.31 Å². The van der Waals surface area contributed by atoms with E-state index in [0.717, 1.165) is 25.7 Å². The van der Waals surface area contributed by atoms with Gasteiger partial charge >= 0.3 is 0 Å². The number of aromatic nitrogens is 4. The highest BCUT2D eigenvalue weighted by Gasteiger charge is 2.36. The molecule has 3 N–H and O–H groups in total. The van der Waals surface area contributed by atoms with Crippen LogP contribution in [-0.2, 0) is 6.61 Å². The van der Waals surface area contributed by atoms with Crippen molar-refractivity contribution in [2.24, 2.45) is 0 Å². The number of anilines is 3. The molecule has 0 aromatic carbocycles. The van der Waals surface area contributed by atoms with Gasteiger partial charge in [-0.05, 0) is 31.9 Å². The molecule has 2 aromatic rings. The van der Waals surface area contributed by atoms with Gasteiger partial charge in [-0.3, -0.25) is 5.10 Å². The highest BCUT2D eigenvalue weighted by atomic mass is 32.2. The average Bonchev–Trinajstić information content (AvgIpc) is 3.24. The Morgan fingerprint density at radius 1 is 1.23 bits per heavy atom. The number of aliphatic hydroxyl groups is 1. The van der Waals surface area contributed by atoms with E-state index in [0.29, 0.717) is 47.3 Å². The lowest BCUT2D eigenvalue weighted by molar-refractivity contribution is 0.168. The van der Waals surface area contributed by atoms with Crippen molar-refractivity contribution in [1.29, 1.82) is 0 Å². The second kappa shape index (κ2) is 10.3. The van der Waals surface area contributed by atoms with Crippen LogP contribution in [0.1, 0.15) is 45.2 Å². The third kappa shape index (κ3) is 4.98. The van der Waals surface area contributed by atoms with Crippen LogP contribution in [0.25, 0.3) is 0 Å². The second-order valence-corrected chi connectivity index (χ2v) is 8.35. The minimum atomic E-state index is -0.0955. The van der Waals surface area contributed by atoms with E-state index in [1.54, 1.807) is 19.2 Å². The fourth-order valence-electron chi connectivity index (χ4n) is 4.08. The number of nitrogens with zero attached hydrogens (tertiary/aromatic N) is 5. The number of hydrogen-bond donors (Lipinski definition) is 3. The van der Waals surface area contributed by atoms with E-state index in [2.05, 4.69) is 56.9 Å². The number of hydrogen-bond acceptors (Lipinski definition) is 9. The third-order valence-corrected chi connectivity index (χ3v) is 6.80.